The highest BCUT2D eigenvalue weighted by Gasteiger charge is 2.21. The lowest BCUT2D eigenvalue weighted by atomic mass is 9.95. The molecule has 0 saturated heterocycles. The van der Waals surface area contributed by atoms with Gasteiger partial charge in [-0.2, -0.15) is 0 Å². The van der Waals surface area contributed by atoms with Crippen LogP contribution in [-0.4, -0.2) is 32.3 Å². The van der Waals surface area contributed by atoms with Gasteiger partial charge in [-0.15, -0.1) is 11.3 Å². The van der Waals surface area contributed by atoms with Gasteiger partial charge in [-0.05, 0) is 42.0 Å². The first-order valence-corrected chi connectivity index (χ1v) is 12.2. The van der Waals surface area contributed by atoms with Crippen LogP contribution in [0.25, 0.3) is 0 Å². The van der Waals surface area contributed by atoms with Gasteiger partial charge in [-0.25, -0.2) is 8.42 Å². The molecule has 1 aromatic heterocycles. The number of rotatable bonds is 6. The maximum atomic E-state index is 12.7. The number of nitrogens with one attached hydrogen (secondary N) is 1. The molecule has 0 bridgehead atoms. The van der Waals surface area contributed by atoms with Crippen LogP contribution in [0.15, 0.2) is 46.0 Å². The van der Waals surface area contributed by atoms with Crippen molar-refractivity contribution in [2.24, 2.45) is 0 Å². The maximum absolute atomic E-state index is 12.7. The third kappa shape index (κ3) is 5.58. The monoisotopic (exact) mass is 420 g/mol. The topological polar surface area (TPSA) is 66.5 Å². The number of hydrogen-bond donors (Lipinski definition) is 1. The molecule has 0 aliphatic heterocycles. The van der Waals surface area contributed by atoms with Crippen molar-refractivity contribution in [2.75, 3.05) is 11.8 Å². The molecule has 1 aliphatic rings. The standard InChI is InChI=1S/C21H28N2O3S2/c1-23(19-8-5-3-2-4-6-9-19)20(24)16-17-11-13-18(14-12-17)22-28(25,26)21-10-7-15-27-21/h7,10-15,19,22H,2-6,8-9,16H2,1H3. The van der Waals surface area contributed by atoms with Crippen molar-refractivity contribution >= 4 is 33.0 Å². The predicted octanol–water partition coefficient (Wildman–Crippen LogP) is 4.66. The van der Waals surface area contributed by atoms with Crippen molar-refractivity contribution in [3.8, 4) is 0 Å². The highest BCUT2D eigenvalue weighted by molar-refractivity contribution is 7.94. The van der Waals surface area contributed by atoms with Gasteiger partial charge in [0, 0.05) is 18.8 Å². The van der Waals surface area contributed by atoms with Crippen LogP contribution < -0.4 is 4.72 Å². The highest BCUT2D eigenvalue weighted by Crippen LogP contribution is 2.23. The number of likely N-dealkylation sites (N-methyl/N-ethyl adjacent to an activating group) is 1. The van der Waals surface area contributed by atoms with E-state index in [1.54, 1.807) is 29.6 Å². The van der Waals surface area contributed by atoms with Crippen LogP contribution in [0.5, 0.6) is 0 Å². The Morgan fingerprint density at radius 3 is 2.32 bits per heavy atom. The summed E-state index contributed by atoms with van der Waals surface area (Å²) >= 11 is 1.18. The molecule has 5 nitrogen and oxygen atoms in total. The zero-order chi connectivity index (χ0) is 20.0. The maximum Gasteiger partial charge on any atom is 0.271 e. The molecular weight excluding hydrogens is 392 g/mol. The third-order valence-electron chi connectivity index (χ3n) is 5.34. The molecule has 2 aromatic rings. The smallest absolute Gasteiger partial charge is 0.271 e. The Balaban J connectivity index is 1.58. The lowest BCUT2D eigenvalue weighted by Gasteiger charge is -2.30. The molecule has 1 aliphatic carbocycles. The minimum absolute atomic E-state index is 0.123. The molecule has 3 rings (SSSR count). The number of amides is 1. The third-order valence-corrected chi connectivity index (χ3v) is 8.12. The Bertz CT molecular complexity index is 854. The number of thiophene rings is 1. The second kappa shape index (κ2) is 9.56. The number of nitrogens with zero attached hydrogens (tertiary/aromatic N) is 1. The summed E-state index contributed by atoms with van der Waals surface area (Å²) < 4.78 is 27.4. The number of carbonyl (C=O) groups excluding carboxylic acids is 1. The SMILES string of the molecule is CN(C(=O)Cc1ccc(NS(=O)(=O)c2cccs2)cc1)C1CCCCCCC1. The Hall–Kier alpha value is -1.86. The zero-order valence-corrected chi connectivity index (χ0v) is 17.9. The Morgan fingerprint density at radius 2 is 1.71 bits per heavy atom. The van der Waals surface area contributed by atoms with Gasteiger partial charge >= 0.3 is 0 Å². The first kappa shape index (κ1) is 20.9. The van der Waals surface area contributed by atoms with Crippen LogP contribution in [0.4, 0.5) is 5.69 Å². The van der Waals surface area contributed by atoms with Gasteiger partial charge < -0.3 is 4.90 Å². The average Bonchev–Trinajstić information content (AvgIpc) is 3.18. The van der Waals surface area contributed by atoms with Crippen molar-refractivity contribution in [1.82, 2.24) is 4.90 Å². The quantitative estimate of drug-likeness (QED) is 0.739. The van der Waals surface area contributed by atoms with Crippen LogP contribution in [0, 0.1) is 0 Å². The predicted molar refractivity (Wildman–Crippen MR) is 114 cm³/mol. The second-order valence-corrected chi connectivity index (χ2v) is 10.3. The molecule has 152 valence electrons. The molecule has 1 N–H and O–H groups in total. The first-order chi connectivity index (χ1) is 13.5. The van der Waals surface area contributed by atoms with E-state index >= 15 is 0 Å². The zero-order valence-electron chi connectivity index (χ0n) is 16.3. The minimum Gasteiger partial charge on any atom is -0.342 e. The van der Waals surface area contributed by atoms with E-state index in [0.717, 1.165) is 18.4 Å². The molecule has 1 fully saturated rings. The number of hydrogen-bond acceptors (Lipinski definition) is 4. The lowest BCUT2D eigenvalue weighted by Crippen LogP contribution is -2.38. The number of anilines is 1. The van der Waals surface area contributed by atoms with Crippen molar-refractivity contribution in [2.45, 2.75) is 61.6 Å². The fraction of sp³-hybridized carbons (Fsp3) is 0.476. The summed E-state index contributed by atoms with van der Waals surface area (Å²) in [6.07, 6.45) is 8.75. The van der Waals surface area contributed by atoms with Crippen molar-refractivity contribution < 1.29 is 13.2 Å². The van der Waals surface area contributed by atoms with E-state index in [-0.39, 0.29) is 10.1 Å². The minimum atomic E-state index is -3.55. The van der Waals surface area contributed by atoms with E-state index in [0.29, 0.717) is 18.2 Å². The summed E-state index contributed by atoms with van der Waals surface area (Å²) in [6, 6.07) is 10.7. The van der Waals surface area contributed by atoms with E-state index in [1.807, 2.05) is 24.1 Å². The van der Waals surface area contributed by atoms with Gasteiger partial charge in [0.1, 0.15) is 4.21 Å². The number of sulfonamides is 1. The van der Waals surface area contributed by atoms with Gasteiger partial charge in [0.25, 0.3) is 10.0 Å². The van der Waals surface area contributed by atoms with E-state index in [9.17, 15) is 13.2 Å². The molecule has 0 spiro atoms. The Morgan fingerprint density at radius 1 is 1.07 bits per heavy atom. The molecule has 28 heavy (non-hydrogen) atoms. The van der Waals surface area contributed by atoms with Crippen LogP contribution in [0.2, 0.25) is 0 Å². The first-order valence-electron chi connectivity index (χ1n) is 9.86. The summed E-state index contributed by atoms with van der Waals surface area (Å²) in [7, 11) is -1.63. The fourth-order valence-corrected chi connectivity index (χ4v) is 5.69. The van der Waals surface area contributed by atoms with Gasteiger partial charge in [-0.1, -0.05) is 50.3 Å². The Kier molecular flexibility index (Phi) is 7.13. The van der Waals surface area contributed by atoms with Gasteiger partial charge in [0.2, 0.25) is 5.91 Å². The van der Waals surface area contributed by atoms with Crippen molar-refractivity contribution in [3.05, 3.63) is 47.3 Å². The second-order valence-electron chi connectivity index (χ2n) is 7.41. The molecule has 1 saturated carbocycles. The van der Waals surface area contributed by atoms with Crippen LogP contribution >= 0.6 is 11.3 Å². The van der Waals surface area contributed by atoms with Crippen molar-refractivity contribution in [1.29, 1.82) is 0 Å². The molecule has 1 heterocycles. The number of carbonyl (C=O) groups is 1. The van der Waals surface area contributed by atoms with E-state index in [4.69, 9.17) is 0 Å². The van der Waals surface area contributed by atoms with E-state index in [2.05, 4.69) is 4.72 Å². The summed E-state index contributed by atoms with van der Waals surface area (Å²) in [5.41, 5.74) is 1.39. The van der Waals surface area contributed by atoms with Gasteiger partial charge in [0.15, 0.2) is 0 Å². The summed E-state index contributed by atoms with van der Waals surface area (Å²) in [5, 5.41) is 1.73. The molecule has 0 unspecified atom stereocenters. The van der Waals surface area contributed by atoms with E-state index in [1.165, 1.54) is 43.4 Å². The van der Waals surface area contributed by atoms with E-state index < -0.39 is 10.0 Å². The largest absolute Gasteiger partial charge is 0.342 e. The molecule has 0 radical (unpaired) electrons. The highest BCUT2D eigenvalue weighted by atomic mass is 32.2. The van der Waals surface area contributed by atoms with Crippen LogP contribution in [0.3, 0.4) is 0 Å². The average molecular weight is 421 g/mol. The normalized spacial score (nSPS) is 16.2. The summed E-state index contributed by atoms with van der Waals surface area (Å²) in [4.78, 5) is 14.6. The summed E-state index contributed by atoms with van der Waals surface area (Å²) in [5.74, 6) is 0.123. The Labute approximate surface area is 171 Å². The van der Waals surface area contributed by atoms with Crippen molar-refractivity contribution in [3.63, 3.8) is 0 Å². The number of benzene rings is 1. The molecular formula is C21H28N2O3S2. The van der Waals surface area contributed by atoms with Gasteiger partial charge in [-0.3, -0.25) is 9.52 Å². The fourth-order valence-electron chi connectivity index (χ4n) is 3.64. The molecule has 1 aromatic carbocycles. The molecule has 1 amide bonds. The summed E-state index contributed by atoms with van der Waals surface area (Å²) in [6.45, 7) is 0. The van der Waals surface area contributed by atoms with Crippen LogP contribution in [-0.2, 0) is 21.2 Å². The lowest BCUT2D eigenvalue weighted by molar-refractivity contribution is -0.131. The molecule has 0 atom stereocenters. The van der Waals surface area contributed by atoms with Crippen LogP contribution in [0.1, 0.15) is 50.5 Å². The molecule has 7 heteroatoms. The van der Waals surface area contributed by atoms with Gasteiger partial charge in [0.05, 0.1) is 6.42 Å².